The molecule has 1 N–H and O–H groups in total. The molecule has 7 heteroatoms. The highest BCUT2D eigenvalue weighted by Gasteiger charge is 2.17. The Morgan fingerprint density at radius 3 is 2.48 bits per heavy atom. The molecule has 3 aromatic carbocycles. The maximum Gasteiger partial charge on any atom is 0.265 e. The van der Waals surface area contributed by atoms with Gasteiger partial charge < -0.3 is 14.5 Å². The van der Waals surface area contributed by atoms with Crippen molar-refractivity contribution in [1.29, 1.82) is 0 Å². The number of anilines is 1. The van der Waals surface area contributed by atoms with Crippen molar-refractivity contribution in [2.75, 3.05) is 5.32 Å². The molecule has 1 unspecified atom stereocenters. The van der Waals surface area contributed by atoms with Gasteiger partial charge in [-0.2, -0.15) is 0 Å². The summed E-state index contributed by atoms with van der Waals surface area (Å²) >= 11 is 12.0. The molecule has 0 saturated heterocycles. The molecule has 1 amide bonds. The lowest BCUT2D eigenvalue weighted by Crippen LogP contribution is -2.30. The molecular weight excluding hydrogens is 459 g/mol. The number of carbonyl (C=O) groups is 1. The molecule has 0 aliphatic rings. The van der Waals surface area contributed by atoms with Gasteiger partial charge in [-0.25, -0.2) is 4.98 Å². The summed E-state index contributed by atoms with van der Waals surface area (Å²) in [4.78, 5) is 17.1. The molecular formula is C26H24Cl2N2O3. The first-order chi connectivity index (χ1) is 15.8. The van der Waals surface area contributed by atoms with E-state index in [0.29, 0.717) is 39.7 Å². The topological polar surface area (TPSA) is 64.4 Å². The SMILES string of the molecule is CC(Oc1ccc(Cl)cc1Cl)C(=O)Nc1ccc(Cc2nc3cc(C(C)C)ccc3o2)cc1. The van der Waals surface area contributed by atoms with Gasteiger partial charge in [-0.15, -0.1) is 0 Å². The van der Waals surface area contributed by atoms with E-state index in [9.17, 15) is 4.79 Å². The predicted molar refractivity (Wildman–Crippen MR) is 133 cm³/mol. The molecule has 0 aliphatic carbocycles. The summed E-state index contributed by atoms with van der Waals surface area (Å²) < 4.78 is 11.6. The van der Waals surface area contributed by atoms with Gasteiger partial charge >= 0.3 is 0 Å². The largest absolute Gasteiger partial charge is 0.479 e. The highest BCUT2D eigenvalue weighted by Crippen LogP contribution is 2.28. The molecule has 0 fully saturated rings. The second-order valence-corrected chi connectivity index (χ2v) is 9.03. The molecule has 4 aromatic rings. The maximum atomic E-state index is 12.5. The average Bonchev–Trinajstić information content (AvgIpc) is 3.18. The van der Waals surface area contributed by atoms with Crippen molar-refractivity contribution in [3.63, 3.8) is 0 Å². The van der Waals surface area contributed by atoms with Crippen LogP contribution in [0.2, 0.25) is 10.0 Å². The molecule has 1 aromatic heterocycles. The minimum absolute atomic E-state index is 0.284. The summed E-state index contributed by atoms with van der Waals surface area (Å²) in [6.07, 6.45) is -0.173. The van der Waals surface area contributed by atoms with Crippen LogP contribution in [0.5, 0.6) is 5.75 Å². The Hall–Kier alpha value is -3.02. The average molecular weight is 483 g/mol. The Kier molecular flexibility index (Phi) is 6.91. The van der Waals surface area contributed by atoms with Gasteiger partial charge in [0.05, 0.1) is 5.02 Å². The highest BCUT2D eigenvalue weighted by atomic mass is 35.5. The number of amides is 1. The van der Waals surface area contributed by atoms with Crippen LogP contribution >= 0.6 is 23.2 Å². The van der Waals surface area contributed by atoms with E-state index < -0.39 is 6.10 Å². The van der Waals surface area contributed by atoms with Gasteiger partial charge in [0, 0.05) is 17.1 Å². The third kappa shape index (κ3) is 5.67. The van der Waals surface area contributed by atoms with Gasteiger partial charge in [-0.1, -0.05) is 55.2 Å². The van der Waals surface area contributed by atoms with E-state index in [1.54, 1.807) is 25.1 Å². The van der Waals surface area contributed by atoms with Crippen molar-refractivity contribution in [3.8, 4) is 5.75 Å². The molecule has 0 bridgehead atoms. The van der Waals surface area contributed by atoms with Crippen LogP contribution in [0.25, 0.3) is 11.1 Å². The smallest absolute Gasteiger partial charge is 0.265 e. The molecule has 5 nitrogen and oxygen atoms in total. The lowest BCUT2D eigenvalue weighted by molar-refractivity contribution is -0.122. The zero-order valence-corrected chi connectivity index (χ0v) is 20.1. The standard InChI is InChI=1S/C26H24Cl2N2O3/c1-15(2)18-6-10-24-22(13-18)30-25(33-24)12-17-4-8-20(9-5-17)29-26(31)16(3)32-23-11-7-19(27)14-21(23)28/h4-11,13-16H,12H2,1-3H3,(H,29,31). The van der Waals surface area contributed by atoms with Crippen LogP contribution in [0.1, 0.15) is 43.7 Å². The lowest BCUT2D eigenvalue weighted by atomic mass is 10.0. The molecule has 1 atom stereocenters. The number of hydrogen-bond acceptors (Lipinski definition) is 4. The van der Waals surface area contributed by atoms with E-state index in [1.165, 1.54) is 5.56 Å². The predicted octanol–water partition coefficient (Wildman–Crippen LogP) is 7.25. The Morgan fingerprint density at radius 1 is 1.03 bits per heavy atom. The molecule has 1 heterocycles. The zero-order chi connectivity index (χ0) is 23.5. The molecule has 0 saturated carbocycles. The third-order valence-electron chi connectivity index (χ3n) is 5.27. The number of rotatable bonds is 7. The summed E-state index contributed by atoms with van der Waals surface area (Å²) in [6.45, 7) is 5.97. The van der Waals surface area contributed by atoms with Crippen LogP contribution < -0.4 is 10.1 Å². The van der Waals surface area contributed by atoms with Crippen LogP contribution in [0.15, 0.2) is 65.1 Å². The molecule has 0 spiro atoms. The van der Waals surface area contributed by atoms with E-state index >= 15 is 0 Å². The quantitative estimate of drug-likeness (QED) is 0.301. The number of aromatic nitrogens is 1. The third-order valence-corrected chi connectivity index (χ3v) is 5.80. The van der Waals surface area contributed by atoms with Gasteiger partial charge in [0.25, 0.3) is 5.91 Å². The first-order valence-corrected chi connectivity index (χ1v) is 11.4. The Labute approximate surface area is 202 Å². The number of benzene rings is 3. The molecule has 170 valence electrons. The van der Waals surface area contributed by atoms with Gasteiger partial charge in [-0.3, -0.25) is 4.79 Å². The van der Waals surface area contributed by atoms with Gasteiger partial charge in [0.1, 0.15) is 11.3 Å². The summed E-state index contributed by atoms with van der Waals surface area (Å²) in [7, 11) is 0. The van der Waals surface area contributed by atoms with Crippen molar-refractivity contribution in [2.24, 2.45) is 0 Å². The highest BCUT2D eigenvalue weighted by molar-refractivity contribution is 6.35. The normalized spacial score (nSPS) is 12.2. The van der Waals surface area contributed by atoms with Crippen LogP contribution in [0, 0.1) is 0 Å². The first kappa shape index (κ1) is 23.1. The summed E-state index contributed by atoms with van der Waals surface area (Å²) in [5, 5.41) is 3.71. The van der Waals surface area contributed by atoms with Crippen molar-refractivity contribution in [3.05, 3.63) is 87.7 Å². The first-order valence-electron chi connectivity index (χ1n) is 10.7. The van der Waals surface area contributed by atoms with Crippen LogP contribution in [-0.4, -0.2) is 17.0 Å². The van der Waals surface area contributed by atoms with Gasteiger partial charge in [0.2, 0.25) is 0 Å². The monoisotopic (exact) mass is 482 g/mol. The van der Waals surface area contributed by atoms with E-state index in [2.05, 4.69) is 36.3 Å². The second-order valence-electron chi connectivity index (χ2n) is 8.19. The van der Waals surface area contributed by atoms with E-state index in [-0.39, 0.29) is 5.91 Å². The van der Waals surface area contributed by atoms with E-state index in [0.717, 1.165) is 16.7 Å². The summed E-state index contributed by atoms with van der Waals surface area (Å²) in [5.74, 6) is 1.21. The summed E-state index contributed by atoms with van der Waals surface area (Å²) in [6, 6.07) is 18.5. The fraction of sp³-hybridized carbons (Fsp3) is 0.231. The van der Waals surface area contributed by atoms with E-state index in [1.807, 2.05) is 30.3 Å². The van der Waals surface area contributed by atoms with Gasteiger partial charge in [0.15, 0.2) is 17.6 Å². The zero-order valence-electron chi connectivity index (χ0n) is 18.6. The number of ether oxygens (including phenoxy) is 1. The van der Waals surface area contributed by atoms with Crippen LogP contribution in [0.3, 0.4) is 0 Å². The van der Waals surface area contributed by atoms with Crippen molar-refractivity contribution < 1.29 is 13.9 Å². The summed E-state index contributed by atoms with van der Waals surface area (Å²) in [5.41, 5.74) is 4.59. The minimum atomic E-state index is -0.737. The number of nitrogens with one attached hydrogen (secondary N) is 1. The molecule has 0 aliphatic heterocycles. The van der Waals surface area contributed by atoms with Crippen LogP contribution in [0.4, 0.5) is 5.69 Å². The molecule has 0 radical (unpaired) electrons. The Bertz CT molecular complexity index is 1280. The number of halogens is 2. The maximum absolute atomic E-state index is 12.5. The molecule has 4 rings (SSSR count). The number of nitrogens with zero attached hydrogens (tertiary/aromatic N) is 1. The van der Waals surface area contributed by atoms with Crippen molar-refractivity contribution in [2.45, 2.75) is 39.2 Å². The Balaban J connectivity index is 1.37. The Morgan fingerprint density at radius 2 is 1.79 bits per heavy atom. The van der Waals surface area contributed by atoms with Gasteiger partial charge in [-0.05, 0) is 66.4 Å². The fourth-order valence-corrected chi connectivity index (χ4v) is 3.82. The second kappa shape index (κ2) is 9.86. The lowest BCUT2D eigenvalue weighted by Gasteiger charge is -2.16. The fourth-order valence-electron chi connectivity index (χ4n) is 3.37. The number of carbonyl (C=O) groups excluding carboxylic acids is 1. The number of hydrogen-bond donors (Lipinski definition) is 1. The number of oxazole rings is 1. The van der Waals surface area contributed by atoms with E-state index in [4.69, 9.17) is 32.4 Å². The van der Waals surface area contributed by atoms with Crippen molar-refractivity contribution in [1.82, 2.24) is 4.98 Å². The van der Waals surface area contributed by atoms with Crippen molar-refractivity contribution >= 4 is 45.9 Å². The number of fused-ring (bicyclic) bond motifs is 1. The minimum Gasteiger partial charge on any atom is -0.479 e. The van der Waals surface area contributed by atoms with Crippen LogP contribution in [-0.2, 0) is 11.2 Å². The molecule has 33 heavy (non-hydrogen) atoms.